The van der Waals surface area contributed by atoms with Crippen molar-refractivity contribution in [3.8, 4) is 5.75 Å². The highest BCUT2D eigenvalue weighted by atomic mass is 19.4. The molecule has 0 aliphatic heterocycles. The Morgan fingerprint density at radius 1 is 1.29 bits per heavy atom. The van der Waals surface area contributed by atoms with E-state index in [1.165, 1.54) is 18.2 Å². The summed E-state index contributed by atoms with van der Waals surface area (Å²) in [7, 11) is 0. The third-order valence-electron chi connectivity index (χ3n) is 4.39. The molecular formula is C19H18F4N2O3. The molecule has 2 aromatic rings. The number of nitrogens with zero attached hydrogens (tertiary/aromatic N) is 1. The summed E-state index contributed by atoms with van der Waals surface area (Å²) >= 11 is 0. The van der Waals surface area contributed by atoms with E-state index in [0.29, 0.717) is 18.4 Å². The molecule has 1 aromatic heterocycles. The maximum atomic E-state index is 12.9. The average Bonchev–Trinajstić information content (AvgIpc) is 3.40. The number of hydrogen-bond donors (Lipinski definition) is 2. The number of hydrogen-bond acceptors (Lipinski definition) is 4. The summed E-state index contributed by atoms with van der Waals surface area (Å²) in [5.41, 5.74) is 0.115. The molecule has 1 fully saturated rings. The van der Waals surface area contributed by atoms with Gasteiger partial charge in [-0.15, -0.1) is 0 Å². The average molecular weight is 398 g/mol. The van der Waals surface area contributed by atoms with Crippen molar-refractivity contribution in [2.24, 2.45) is 0 Å². The summed E-state index contributed by atoms with van der Waals surface area (Å²) in [6.07, 6.45) is -3.72. The molecule has 0 saturated heterocycles. The lowest BCUT2D eigenvalue weighted by molar-refractivity contribution is -0.153. The third-order valence-corrected chi connectivity index (χ3v) is 4.39. The molecule has 0 bridgehead atoms. The van der Waals surface area contributed by atoms with Gasteiger partial charge in [-0.25, -0.2) is 4.39 Å². The van der Waals surface area contributed by atoms with E-state index in [9.17, 15) is 27.5 Å². The van der Waals surface area contributed by atoms with Crippen LogP contribution in [0.25, 0.3) is 0 Å². The second-order valence-corrected chi connectivity index (χ2v) is 6.68. The van der Waals surface area contributed by atoms with Gasteiger partial charge >= 0.3 is 6.18 Å². The van der Waals surface area contributed by atoms with Crippen molar-refractivity contribution in [2.45, 2.75) is 37.1 Å². The summed E-state index contributed by atoms with van der Waals surface area (Å²) in [5.74, 6) is -0.936. The van der Waals surface area contributed by atoms with Crippen molar-refractivity contribution in [2.75, 3.05) is 6.61 Å². The number of alkyl halides is 3. The number of ether oxygens (including phenoxy) is 1. The molecule has 1 unspecified atom stereocenters. The van der Waals surface area contributed by atoms with E-state index in [4.69, 9.17) is 4.74 Å². The largest absolute Gasteiger partial charge is 0.484 e. The normalized spacial score (nSPS) is 16.3. The van der Waals surface area contributed by atoms with Gasteiger partial charge in [-0.1, -0.05) is 12.1 Å². The topological polar surface area (TPSA) is 71.5 Å². The van der Waals surface area contributed by atoms with Gasteiger partial charge in [0, 0.05) is 0 Å². The van der Waals surface area contributed by atoms with Crippen molar-refractivity contribution < 1.29 is 32.2 Å². The minimum Gasteiger partial charge on any atom is -0.484 e. The number of amides is 1. The molecule has 2 N–H and O–H groups in total. The van der Waals surface area contributed by atoms with Crippen molar-refractivity contribution in [3.05, 3.63) is 59.7 Å². The summed E-state index contributed by atoms with van der Waals surface area (Å²) in [6.45, 7) is -1.40. The Kier molecular flexibility index (Phi) is 5.55. The molecule has 150 valence electrons. The summed E-state index contributed by atoms with van der Waals surface area (Å²) in [4.78, 5) is 16.1. The lowest BCUT2D eigenvalue weighted by Crippen LogP contribution is -2.35. The second-order valence-electron chi connectivity index (χ2n) is 6.68. The fraction of sp³-hybridized carbons (Fsp3) is 0.368. The number of pyridine rings is 1. The first-order valence-corrected chi connectivity index (χ1v) is 8.57. The lowest BCUT2D eigenvalue weighted by atomic mass is 10.0. The van der Waals surface area contributed by atoms with Gasteiger partial charge in [0.1, 0.15) is 17.7 Å². The quantitative estimate of drug-likeness (QED) is 0.702. The van der Waals surface area contributed by atoms with Crippen LogP contribution in [-0.4, -0.2) is 28.8 Å². The number of rotatable bonds is 7. The first-order chi connectivity index (χ1) is 13.2. The number of carbonyl (C=O) groups excluding carboxylic acids is 1. The van der Waals surface area contributed by atoms with Crippen LogP contribution in [0, 0.1) is 5.82 Å². The van der Waals surface area contributed by atoms with Crippen molar-refractivity contribution in [1.29, 1.82) is 0 Å². The number of nitrogens with one attached hydrogen (secondary N) is 1. The highest BCUT2D eigenvalue weighted by Crippen LogP contribution is 2.46. The van der Waals surface area contributed by atoms with Crippen LogP contribution in [0.2, 0.25) is 0 Å². The Balaban J connectivity index is 1.62. The molecule has 28 heavy (non-hydrogen) atoms. The van der Waals surface area contributed by atoms with E-state index in [-0.39, 0.29) is 17.9 Å². The number of aliphatic hydroxyl groups is 1. The predicted octanol–water partition coefficient (Wildman–Crippen LogP) is 3.39. The standard InChI is InChI=1S/C19H18F4N2O3/c20-13-4-5-15(24-10-13)16(26)9-17(27)25-18(6-7-18)12-2-1-3-14(8-12)28-11-19(21,22)23/h1-5,8,10,16,26H,6-7,9,11H2,(H,25,27). The molecule has 1 amide bonds. The maximum absolute atomic E-state index is 12.9. The van der Waals surface area contributed by atoms with Gasteiger partial charge in [-0.3, -0.25) is 9.78 Å². The Morgan fingerprint density at radius 3 is 2.64 bits per heavy atom. The van der Waals surface area contributed by atoms with Crippen LogP contribution >= 0.6 is 0 Å². The van der Waals surface area contributed by atoms with E-state index < -0.39 is 36.2 Å². The van der Waals surface area contributed by atoms with Crippen LogP contribution < -0.4 is 10.1 Å². The predicted molar refractivity (Wildman–Crippen MR) is 90.8 cm³/mol. The molecule has 1 atom stereocenters. The van der Waals surface area contributed by atoms with Crippen molar-refractivity contribution >= 4 is 5.91 Å². The smallest absolute Gasteiger partial charge is 0.422 e. The van der Waals surface area contributed by atoms with E-state index in [2.05, 4.69) is 10.3 Å². The number of benzene rings is 1. The van der Waals surface area contributed by atoms with Gasteiger partial charge in [0.25, 0.3) is 0 Å². The fourth-order valence-electron chi connectivity index (χ4n) is 2.84. The summed E-state index contributed by atoms with van der Waals surface area (Å²) in [6, 6.07) is 8.57. The number of aromatic nitrogens is 1. The number of aliphatic hydroxyl groups excluding tert-OH is 1. The maximum Gasteiger partial charge on any atom is 0.422 e. The molecule has 1 aromatic carbocycles. The molecule has 1 saturated carbocycles. The zero-order chi connectivity index (χ0) is 20.4. The first kappa shape index (κ1) is 20.1. The SMILES string of the molecule is O=C(CC(O)c1ccc(F)cn1)NC1(c2cccc(OCC(F)(F)F)c2)CC1. The fourth-order valence-corrected chi connectivity index (χ4v) is 2.84. The van der Waals surface area contributed by atoms with Crippen LogP contribution in [0.4, 0.5) is 17.6 Å². The van der Waals surface area contributed by atoms with Gasteiger partial charge in [-0.2, -0.15) is 13.2 Å². The van der Waals surface area contributed by atoms with E-state index in [1.807, 2.05) is 0 Å². The molecule has 5 nitrogen and oxygen atoms in total. The first-order valence-electron chi connectivity index (χ1n) is 8.57. The molecule has 1 heterocycles. The van der Waals surface area contributed by atoms with Crippen molar-refractivity contribution in [3.63, 3.8) is 0 Å². The monoisotopic (exact) mass is 398 g/mol. The highest BCUT2D eigenvalue weighted by Gasteiger charge is 2.46. The minimum atomic E-state index is -4.44. The zero-order valence-electron chi connectivity index (χ0n) is 14.7. The Hall–Kier alpha value is -2.68. The Bertz CT molecular complexity index is 836. The van der Waals surface area contributed by atoms with Crippen LogP contribution in [0.1, 0.15) is 36.6 Å². The minimum absolute atomic E-state index is 0.0610. The molecule has 9 heteroatoms. The Morgan fingerprint density at radius 2 is 2.04 bits per heavy atom. The zero-order valence-corrected chi connectivity index (χ0v) is 14.7. The van der Waals surface area contributed by atoms with Gasteiger partial charge in [-0.05, 0) is 42.7 Å². The Labute approximate surface area is 158 Å². The number of halogens is 4. The molecule has 0 spiro atoms. The summed E-state index contributed by atoms with van der Waals surface area (Å²) < 4.78 is 54.6. The number of carbonyl (C=O) groups is 1. The van der Waals surface area contributed by atoms with Gasteiger partial charge in [0.05, 0.1) is 23.9 Å². The van der Waals surface area contributed by atoms with Gasteiger partial charge in [0.2, 0.25) is 5.91 Å². The van der Waals surface area contributed by atoms with Crippen LogP contribution in [0.3, 0.4) is 0 Å². The van der Waals surface area contributed by atoms with E-state index in [0.717, 1.165) is 12.3 Å². The molecular weight excluding hydrogens is 380 g/mol. The van der Waals surface area contributed by atoms with Crippen LogP contribution in [-0.2, 0) is 10.3 Å². The third kappa shape index (κ3) is 5.19. The van der Waals surface area contributed by atoms with Crippen LogP contribution in [0.5, 0.6) is 5.75 Å². The molecule has 1 aliphatic carbocycles. The summed E-state index contributed by atoms with van der Waals surface area (Å²) in [5, 5.41) is 12.9. The van der Waals surface area contributed by atoms with E-state index >= 15 is 0 Å². The molecule has 0 radical (unpaired) electrons. The van der Waals surface area contributed by atoms with Crippen LogP contribution in [0.15, 0.2) is 42.6 Å². The second kappa shape index (κ2) is 7.75. The van der Waals surface area contributed by atoms with Crippen molar-refractivity contribution in [1.82, 2.24) is 10.3 Å². The van der Waals surface area contributed by atoms with E-state index in [1.54, 1.807) is 12.1 Å². The highest BCUT2D eigenvalue weighted by molar-refractivity contribution is 5.78. The lowest BCUT2D eigenvalue weighted by Gasteiger charge is -2.20. The van der Waals surface area contributed by atoms with Gasteiger partial charge < -0.3 is 15.2 Å². The van der Waals surface area contributed by atoms with Gasteiger partial charge in [0.15, 0.2) is 6.61 Å². The molecule has 3 rings (SSSR count). The molecule has 1 aliphatic rings.